The molecule has 1 aromatic carbocycles. The summed E-state index contributed by atoms with van der Waals surface area (Å²) in [6, 6.07) is 14.1. The van der Waals surface area contributed by atoms with E-state index < -0.39 is 0 Å². The molecule has 1 N–H and O–H groups in total. The lowest BCUT2D eigenvalue weighted by atomic mass is 9.84. The molecular weight excluding hydrogens is 375 g/mol. The van der Waals surface area contributed by atoms with Gasteiger partial charge in [-0.25, -0.2) is 9.37 Å². The summed E-state index contributed by atoms with van der Waals surface area (Å²) in [7, 11) is 1.84. The normalized spacial score (nSPS) is 15.4. The van der Waals surface area contributed by atoms with E-state index >= 15 is 0 Å². The van der Waals surface area contributed by atoms with Crippen LogP contribution in [0.1, 0.15) is 66.1 Å². The maximum absolute atomic E-state index is 14.9. The van der Waals surface area contributed by atoms with Crippen molar-refractivity contribution >= 4 is 17.7 Å². The van der Waals surface area contributed by atoms with E-state index in [4.69, 9.17) is 0 Å². The SMILES string of the molecule is CNc1ccc(Cn2nc(C(F)=Cc3ccc(C4CCCCC4)cc3)cc2C)cn1. The number of anilines is 1. The summed E-state index contributed by atoms with van der Waals surface area (Å²) in [5.41, 5.74) is 4.55. The van der Waals surface area contributed by atoms with Gasteiger partial charge in [-0.2, -0.15) is 5.10 Å². The fourth-order valence-corrected chi connectivity index (χ4v) is 4.15. The van der Waals surface area contributed by atoms with Crippen molar-refractivity contribution in [3.63, 3.8) is 0 Å². The van der Waals surface area contributed by atoms with E-state index in [1.165, 1.54) is 37.7 Å². The second-order valence-electron chi connectivity index (χ2n) is 8.12. The van der Waals surface area contributed by atoms with Crippen LogP contribution in [0, 0.1) is 6.92 Å². The summed E-state index contributed by atoms with van der Waals surface area (Å²) in [6.45, 7) is 2.50. The number of benzene rings is 1. The van der Waals surface area contributed by atoms with Gasteiger partial charge in [0, 0.05) is 18.9 Å². The third kappa shape index (κ3) is 4.78. The van der Waals surface area contributed by atoms with Crippen LogP contribution in [-0.4, -0.2) is 21.8 Å². The van der Waals surface area contributed by atoms with E-state index in [1.807, 2.05) is 49.1 Å². The van der Waals surface area contributed by atoms with Crippen LogP contribution in [0.4, 0.5) is 10.2 Å². The molecule has 30 heavy (non-hydrogen) atoms. The van der Waals surface area contributed by atoms with Crippen molar-refractivity contribution in [2.75, 3.05) is 12.4 Å². The standard InChI is InChI=1S/C25H29FN4/c1-18-14-24(29-30(18)17-20-10-13-25(27-2)28-16-20)23(26)15-19-8-11-22(12-9-19)21-6-4-3-5-7-21/h8-16,21H,3-7,17H2,1-2H3,(H,27,28). The van der Waals surface area contributed by atoms with Crippen LogP contribution >= 0.6 is 0 Å². The lowest BCUT2D eigenvalue weighted by Crippen LogP contribution is -2.05. The number of halogens is 1. The predicted octanol–water partition coefficient (Wildman–Crippen LogP) is 6.19. The number of hydrogen-bond acceptors (Lipinski definition) is 3. The summed E-state index contributed by atoms with van der Waals surface area (Å²) in [5, 5.41) is 7.47. The fraction of sp³-hybridized carbons (Fsp3) is 0.360. The average molecular weight is 405 g/mol. The van der Waals surface area contributed by atoms with Gasteiger partial charge in [0.25, 0.3) is 0 Å². The quantitative estimate of drug-likeness (QED) is 0.532. The van der Waals surface area contributed by atoms with Crippen molar-refractivity contribution < 1.29 is 4.39 Å². The Balaban J connectivity index is 1.46. The number of aryl methyl sites for hydroxylation is 1. The topological polar surface area (TPSA) is 42.7 Å². The number of pyridine rings is 1. The number of hydrogen-bond donors (Lipinski definition) is 1. The Morgan fingerprint density at radius 2 is 1.90 bits per heavy atom. The highest BCUT2D eigenvalue weighted by molar-refractivity contribution is 5.75. The van der Waals surface area contributed by atoms with Crippen molar-refractivity contribution in [3.05, 3.63) is 76.7 Å². The molecule has 0 amide bonds. The highest BCUT2D eigenvalue weighted by Crippen LogP contribution is 2.33. The van der Waals surface area contributed by atoms with Gasteiger partial charge in [-0.3, -0.25) is 4.68 Å². The first kappa shape index (κ1) is 20.3. The number of nitrogens with one attached hydrogen (secondary N) is 1. The second-order valence-corrected chi connectivity index (χ2v) is 8.12. The number of nitrogens with zero attached hydrogens (tertiary/aromatic N) is 3. The highest BCUT2D eigenvalue weighted by atomic mass is 19.1. The van der Waals surface area contributed by atoms with Gasteiger partial charge in [0.05, 0.1) is 6.54 Å². The van der Waals surface area contributed by atoms with Crippen LogP contribution in [0.2, 0.25) is 0 Å². The minimum atomic E-state index is -0.314. The first-order valence-electron chi connectivity index (χ1n) is 10.8. The van der Waals surface area contributed by atoms with Gasteiger partial charge in [0.2, 0.25) is 0 Å². The molecule has 0 unspecified atom stereocenters. The second kappa shape index (κ2) is 9.24. The third-order valence-corrected chi connectivity index (χ3v) is 5.95. The Kier molecular flexibility index (Phi) is 6.26. The molecule has 0 spiro atoms. The van der Waals surface area contributed by atoms with Gasteiger partial charge in [0.15, 0.2) is 5.83 Å². The molecule has 1 aliphatic rings. The van der Waals surface area contributed by atoms with Crippen LogP contribution in [0.25, 0.3) is 11.9 Å². The molecule has 0 saturated heterocycles. The Morgan fingerprint density at radius 1 is 1.13 bits per heavy atom. The molecule has 1 aliphatic carbocycles. The van der Waals surface area contributed by atoms with E-state index in [1.54, 1.807) is 12.1 Å². The molecule has 2 heterocycles. The molecule has 1 fully saturated rings. The van der Waals surface area contributed by atoms with Crippen molar-refractivity contribution in [1.29, 1.82) is 0 Å². The molecule has 4 rings (SSSR count). The molecule has 3 aromatic rings. The Hall–Kier alpha value is -2.95. The van der Waals surface area contributed by atoms with Crippen LogP contribution in [0.15, 0.2) is 48.7 Å². The van der Waals surface area contributed by atoms with E-state index in [-0.39, 0.29) is 5.83 Å². The predicted molar refractivity (Wildman–Crippen MR) is 121 cm³/mol. The van der Waals surface area contributed by atoms with Gasteiger partial charge in [-0.05, 0) is 60.6 Å². The zero-order valence-electron chi connectivity index (χ0n) is 17.7. The summed E-state index contributed by atoms with van der Waals surface area (Å²) in [4.78, 5) is 4.32. The molecule has 156 valence electrons. The van der Waals surface area contributed by atoms with Gasteiger partial charge >= 0.3 is 0 Å². The Bertz CT molecular complexity index is 997. The van der Waals surface area contributed by atoms with E-state index in [0.717, 1.165) is 22.6 Å². The van der Waals surface area contributed by atoms with Crippen LogP contribution < -0.4 is 5.32 Å². The summed E-state index contributed by atoms with van der Waals surface area (Å²) >= 11 is 0. The molecule has 0 atom stereocenters. The van der Waals surface area contributed by atoms with Gasteiger partial charge in [-0.15, -0.1) is 0 Å². The van der Waals surface area contributed by atoms with Crippen LogP contribution in [0.3, 0.4) is 0 Å². The first-order chi connectivity index (χ1) is 14.6. The van der Waals surface area contributed by atoms with Gasteiger partial charge in [-0.1, -0.05) is 49.6 Å². The third-order valence-electron chi connectivity index (χ3n) is 5.95. The van der Waals surface area contributed by atoms with E-state index in [9.17, 15) is 4.39 Å². The molecule has 5 heteroatoms. The van der Waals surface area contributed by atoms with Crippen LogP contribution in [0.5, 0.6) is 0 Å². The molecule has 2 aromatic heterocycles. The maximum Gasteiger partial charge on any atom is 0.151 e. The van der Waals surface area contributed by atoms with E-state index in [2.05, 4.69) is 27.5 Å². The minimum Gasteiger partial charge on any atom is -0.373 e. The Labute approximate surface area is 177 Å². The van der Waals surface area contributed by atoms with E-state index in [0.29, 0.717) is 18.2 Å². The molecule has 1 saturated carbocycles. The summed E-state index contributed by atoms with van der Waals surface area (Å²) in [5.74, 6) is 1.17. The maximum atomic E-state index is 14.9. The molecule has 4 nitrogen and oxygen atoms in total. The Morgan fingerprint density at radius 3 is 2.57 bits per heavy atom. The molecular formula is C25H29FN4. The largest absolute Gasteiger partial charge is 0.373 e. The van der Waals surface area contributed by atoms with Gasteiger partial charge < -0.3 is 5.32 Å². The minimum absolute atomic E-state index is 0.314. The van der Waals surface area contributed by atoms with Crippen molar-refractivity contribution in [2.24, 2.45) is 0 Å². The van der Waals surface area contributed by atoms with Crippen molar-refractivity contribution in [2.45, 2.75) is 51.5 Å². The molecule has 0 bridgehead atoms. The van der Waals surface area contributed by atoms with Crippen LogP contribution in [-0.2, 0) is 6.54 Å². The van der Waals surface area contributed by atoms with Crippen molar-refractivity contribution in [3.8, 4) is 0 Å². The summed E-state index contributed by atoms with van der Waals surface area (Å²) in [6.07, 6.45) is 9.91. The zero-order valence-corrected chi connectivity index (χ0v) is 17.7. The lowest BCUT2D eigenvalue weighted by Gasteiger charge is -2.21. The zero-order chi connectivity index (χ0) is 20.9. The molecule has 0 aliphatic heterocycles. The highest BCUT2D eigenvalue weighted by Gasteiger charge is 2.15. The number of rotatable bonds is 6. The lowest BCUT2D eigenvalue weighted by molar-refractivity contribution is 0.443. The first-order valence-corrected chi connectivity index (χ1v) is 10.8. The fourth-order valence-electron chi connectivity index (χ4n) is 4.15. The summed E-state index contributed by atoms with van der Waals surface area (Å²) < 4.78 is 16.7. The smallest absolute Gasteiger partial charge is 0.151 e. The molecule has 0 radical (unpaired) electrons. The number of aromatic nitrogens is 3. The average Bonchev–Trinajstić information content (AvgIpc) is 3.16. The van der Waals surface area contributed by atoms with Gasteiger partial charge in [0.1, 0.15) is 11.5 Å². The van der Waals surface area contributed by atoms with Crippen molar-refractivity contribution in [1.82, 2.24) is 14.8 Å². The monoisotopic (exact) mass is 404 g/mol.